The highest BCUT2D eigenvalue weighted by Gasteiger charge is 2.37. The van der Waals surface area contributed by atoms with Gasteiger partial charge in [-0.3, -0.25) is 19.3 Å². The molecule has 7 nitrogen and oxygen atoms in total. The first-order valence-electron chi connectivity index (χ1n) is 12.8. The Hall–Kier alpha value is -3.63. The highest BCUT2D eigenvalue weighted by atomic mass is 79.9. The van der Waals surface area contributed by atoms with Crippen LogP contribution in [0.5, 0.6) is 11.5 Å². The lowest BCUT2D eigenvalue weighted by Gasteiger charge is -2.29. The summed E-state index contributed by atoms with van der Waals surface area (Å²) < 4.78 is 26.2. The number of hydrogen-bond acceptors (Lipinski definition) is 6. The van der Waals surface area contributed by atoms with Crippen molar-refractivity contribution in [2.24, 2.45) is 0 Å². The molecule has 0 atom stereocenters. The van der Waals surface area contributed by atoms with Crippen molar-refractivity contribution >= 4 is 50.8 Å². The van der Waals surface area contributed by atoms with E-state index in [0.717, 1.165) is 28.6 Å². The molecule has 0 spiro atoms. The lowest BCUT2D eigenvalue weighted by atomic mass is 10.00. The first-order valence-corrected chi connectivity index (χ1v) is 14.4. The molecule has 0 aromatic heterocycles. The first kappa shape index (κ1) is 27.9. The minimum Gasteiger partial charge on any atom is -0.490 e. The molecule has 5 rings (SSSR count). The molecule has 3 aromatic rings. The first-order chi connectivity index (χ1) is 19.3. The van der Waals surface area contributed by atoms with E-state index in [4.69, 9.17) is 9.47 Å². The molecule has 0 radical (unpaired) electrons. The summed E-state index contributed by atoms with van der Waals surface area (Å²) in [6.07, 6.45) is 2.32. The quantitative estimate of drug-likeness (QED) is 0.278. The molecule has 3 aromatic carbocycles. The Balaban J connectivity index is 1.30. The largest absolute Gasteiger partial charge is 0.490 e. The van der Waals surface area contributed by atoms with Crippen molar-refractivity contribution in [3.63, 3.8) is 0 Å². The van der Waals surface area contributed by atoms with Gasteiger partial charge >= 0.3 is 0 Å². The molecule has 0 aliphatic carbocycles. The van der Waals surface area contributed by atoms with Crippen LogP contribution < -0.4 is 9.47 Å². The van der Waals surface area contributed by atoms with E-state index in [0.29, 0.717) is 46.8 Å². The third-order valence-electron chi connectivity index (χ3n) is 6.64. The Morgan fingerprint density at radius 3 is 2.55 bits per heavy atom. The summed E-state index contributed by atoms with van der Waals surface area (Å²) in [5.74, 6) is -0.348. The number of imide groups is 1. The van der Waals surface area contributed by atoms with Gasteiger partial charge in [-0.05, 0) is 66.1 Å². The van der Waals surface area contributed by atoms with E-state index in [2.05, 4.69) is 22.0 Å². The monoisotopic (exact) mass is 624 g/mol. The molecule has 0 unspecified atom stereocenters. The number of hydrogen-bond donors (Lipinski definition) is 0. The van der Waals surface area contributed by atoms with E-state index < -0.39 is 11.1 Å². The minimum atomic E-state index is -0.523. The standard InChI is InChI=1S/C30H26BrFN2O5S/c1-2-38-25-13-22(23(31)15-26(25)39-18-21-9-5-6-10-24(21)32)14-27-29(36)34(30(37)40-27)17-28(35)33-12-11-19-7-3-4-8-20(19)16-33/h3-10,13-15H,2,11-12,16-18H2,1H3/b27-14-. The average Bonchev–Trinajstić information content (AvgIpc) is 3.21. The van der Waals surface area contributed by atoms with Gasteiger partial charge in [0.05, 0.1) is 11.5 Å². The van der Waals surface area contributed by atoms with Crippen molar-refractivity contribution in [3.8, 4) is 11.5 Å². The lowest BCUT2D eigenvalue weighted by molar-refractivity contribution is -0.136. The van der Waals surface area contributed by atoms with Crippen molar-refractivity contribution in [1.29, 1.82) is 0 Å². The zero-order chi connectivity index (χ0) is 28.2. The van der Waals surface area contributed by atoms with Gasteiger partial charge in [-0.15, -0.1) is 0 Å². The number of ether oxygens (including phenoxy) is 2. The normalized spacial score (nSPS) is 15.9. The summed E-state index contributed by atoms with van der Waals surface area (Å²) in [5.41, 5.74) is 3.28. The Morgan fingerprint density at radius 1 is 1.05 bits per heavy atom. The van der Waals surface area contributed by atoms with Gasteiger partial charge in [0.2, 0.25) is 5.91 Å². The second-order valence-electron chi connectivity index (χ2n) is 9.24. The van der Waals surface area contributed by atoms with Gasteiger partial charge in [0.1, 0.15) is 19.0 Å². The predicted octanol–water partition coefficient (Wildman–Crippen LogP) is 6.19. The van der Waals surface area contributed by atoms with Gasteiger partial charge < -0.3 is 14.4 Å². The summed E-state index contributed by atoms with van der Waals surface area (Å²) in [6, 6.07) is 17.7. The van der Waals surface area contributed by atoms with E-state index in [1.807, 2.05) is 25.1 Å². The molecule has 2 aliphatic heterocycles. The SMILES string of the molecule is CCOc1cc(/C=C2\SC(=O)N(CC(=O)N3CCc4ccccc4C3)C2=O)c(Br)cc1OCc1ccccc1F. The van der Waals surface area contributed by atoms with Gasteiger partial charge in [0.25, 0.3) is 11.1 Å². The van der Waals surface area contributed by atoms with Crippen LogP contribution in [0.3, 0.4) is 0 Å². The summed E-state index contributed by atoms with van der Waals surface area (Å²) in [7, 11) is 0. The Bertz CT molecular complexity index is 1510. The molecule has 1 fully saturated rings. The van der Waals surface area contributed by atoms with Crippen molar-refractivity contribution in [1.82, 2.24) is 9.80 Å². The maximum Gasteiger partial charge on any atom is 0.294 e. The summed E-state index contributed by atoms with van der Waals surface area (Å²) in [5, 5.41) is -0.493. The van der Waals surface area contributed by atoms with Crippen molar-refractivity contribution in [3.05, 3.63) is 98.1 Å². The molecule has 0 N–H and O–H groups in total. The van der Waals surface area contributed by atoms with E-state index >= 15 is 0 Å². The van der Waals surface area contributed by atoms with Crippen LogP contribution in [0.15, 0.2) is 70.0 Å². The Kier molecular flexibility index (Phi) is 8.56. The molecule has 1 saturated heterocycles. The fourth-order valence-corrected chi connectivity index (χ4v) is 5.80. The number of nitrogens with zero attached hydrogens (tertiary/aromatic N) is 2. The summed E-state index contributed by atoms with van der Waals surface area (Å²) >= 11 is 4.29. The van der Waals surface area contributed by atoms with Crippen LogP contribution in [-0.4, -0.2) is 46.5 Å². The van der Waals surface area contributed by atoms with Crippen LogP contribution >= 0.6 is 27.7 Å². The Morgan fingerprint density at radius 2 is 1.77 bits per heavy atom. The smallest absolute Gasteiger partial charge is 0.294 e. The molecule has 40 heavy (non-hydrogen) atoms. The van der Waals surface area contributed by atoms with Crippen molar-refractivity contribution in [2.75, 3.05) is 19.7 Å². The maximum atomic E-state index is 14.0. The van der Waals surface area contributed by atoms with E-state index in [1.165, 1.54) is 11.6 Å². The highest BCUT2D eigenvalue weighted by Crippen LogP contribution is 2.38. The fourth-order valence-electron chi connectivity index (χ4n) is 4.53. The molecule has 2 aliphatic rings. The number of halogens is 2. The topological polar surface area (TPSA) is 76.2 Å². The van der Waals surface area contributed by atoms with Crippen LogP contribution in [0, 0.1) is 5.82 Å². The van der Waals surface area contributed by atoms with Crippen LogP contribution in [0.2, 0.25) is 0 Å². The summed E-state index contributed by atoms with van der Waals surface area (Å²) in [4.78, 5) is 41.8. The van der Waals surface area contributed by atoms with Gasteiger partial charge in [0.15, 0.2) is 11.5 Å². The van der Waals surface area contributed by atoms with Crippen LogP contribution in [-0.2, 0) is 29.2 Å². The Labute approximate surface area is 244 Å². The van der Waals surface area contributed by atoms with Gasteiger partial charge in [-0.1, -0.05) is 58.4 Å². The number of thioether (sulfide) groups is 1. The minimum absolute atomic E-state index is 0.00799. The van der Waals surface area contributed by atoms with Crippen molar-refractivity contribution < 1.29 is 28.2 Å². The van der Waals surface area contributed by atoms with Gasteiger partial charge in [-0.25, -0.2) is 4.39 Å². The second kappa shape index (κ2) is 12.3. The molecular weight excluding hydrogens is 599 g/mol. The maximum absolute atomic E-state index is 14.0. The number of carbonyl (C=O) groups excluding carboxylic acids is 3. The number of amides is 3. The van der Waals surface area contributed by atoms with Crippen LogP contribution in [0.4, 0.5) is 9.18 Å². The zero-order valence-corrected chi connectivity index (χ0v) is 24.1. The van der Waals surface area contributed by atoms with E-state index in [1.54, 1.807) is 41.3 Å². The van der Waals surface area contributed by atoms with Crippen LogP contribution in [0.25, 0.3) is 6.08 Å². The van der Waals surface area contributed by atoms with Crippen molar-refractivity contribution in [2.45, 2.75) is 26.5 Å². The number of benzene rings is 3. The highest BCUT2D eigenvalue weighted by molar-refractivity contribution is 9.10. The van der Waals surface area contributed by atoms with Gasteiger partial charge in [-0.2, -0.15) is 0 Å². The molecule has 10 heteroatoms. The number of fused-ring (bicyclic) bond motifs is 1. The van der Waals surface area contributed by atoms with Gasteiger partial charge in [0, 0.05) is 23.1 Å². The summed E-state index contributed by atoms with van der Waals surface area (Å²) in [6.45, 7) is 2.88. The van der Waals surface area contributed by atoms with E-state index in [-0.39, 0.29) is 29.8 Å². The third-order valence-corrected chi connectivity index (χ3v) is 8.23. The molecular formula is C30H26BrFN2O5S. The molecule has 2 heterocycles. The van der Waals surface area contributed by atoms with E-state index in [9.17, 15) is 18.8 Å². The average molecular weight is 626 g/mol. The molecule has 206 valence electrons. The molecule has 3 amide bonds. The molecule has 0 saturated carbocycles. The second-order valence-corrected chi connectivity index (χ2v) is 11.1. The lowest BCUT2D eigenvalue weighted by Crippen LogP contribution is -2.44. The zero-order valence-electron chi connectivity index (χ0n) is 21.7. The third kappa shape index (κ3) is 6.08. The fraction of sp³-hybridized carbons (Fsp3) is 0.233. The molecule has 0 bridgehead atoms. The number of carbonyl (C=O) groups is 3. The number of rotatable bonds is 8. The predicted molar refractivity (Wildman–Crippen MR) is 154 cm³/mol. The van der Waals surface area contributed by atoms with Crippen LogP contribution in [0.1, 0.15) is 29.2 Å².